The second-order valence-corrected chi connectivity index (χ2v) is 3.94. The van der Waals surface area contributed by atoms with Crippen LogP contribution in [-0.4, -0.2) is 9.97 Å². The van der Waals surface area contributed by atoms with Crippen LogP contribution in [0.25, 0.3) is 0 Å². The van der Waals surface area contributed by atoms with E-state index >= 15 is 0 Å². The van der Waals surface area contributed by atoms with E-state index in [0.29, 0.717) is 5.95 Å². The van der Waals surface area contributed by atoms with Gasteiger partial charge in [0.05, 0.1) is 0 Å². The van der Waals surface area contributed by atoms with Gasteiger partial charge in [0.25, 0.3) is 0 Å². The van der Waals surface area contributed by atoms with Crippen molar-refractivity contribution in [1.29, 1.82) is 0 Å². The fourth-order valence-electron chi connectivity index (χ4n) is 1.77. The van der Waals surface area contributed by atoms with Crippen molar-refractivity contribution in [3.63, 3.8) is 0 Å². The fraction of sp³-hybridized carbons (Fsp3) is 0.231. The zero-order valence-electron chi connectivity index (χ0n) is 10.4. The number of nitrogens with one attached hydrogen (secondary N) is 2. The minimum Gasteiger partial charge on any atom is -0.340 e. The van der Waals surface area contributed by atoms with E-state index in [1.165, 1.54) is 5.56 Å². The number of rotatable bonds is 5. The summed E-state index contributed by atoms with van der Waals surface area (Å²) < 4.78 is 0. The van der Waals surface area contributed by atoms with Gasteiger partial charge in [-0.05, 0) is 24.1 Å². The van der Waals surface area contributed by atoms with Gasteiger partial charge in [0.2, 0.25) is 5.95 Å². The molecule has 4 N–H and O–H groups in total. The van der Waals surface area contributed by atoms with Crippen LogP contribution in [0.3, 0.4) is 0 Å². The molecular formula is C13H17N5. The summed E-state index contributed by atoms with van der Waals surface area (Å²) >= 11 is 0. The first-order valence-electron chi connectivity index (χ1n) is 5.98. The van der Waals surface area contributed by atoms with E-state index in [4.69, 9.17) is 5.84 Å². The Labute approximate surface area is 106 Å². The Balaban J connectivity index is 2.22. The van der Waals surface area contributed by atoms with Crippen molar-refractivity contribution >= 4 is 17.5 Å². The number of nitrogens with zero attached hydrogens (tertiary/aromatic N) is 2. The summed E-state index contributed by atoms with van der Waals surface area (Å²) in [6, 6.07) is 10.0. The number of aromatic nitrogens is 2. The molecule has 0 aliphatic rings. The van der Waals surface area contributed by atoms with E-state index in [-0.39, 0.29) is 0 Å². The highest BCUT2D eigenvalue weighted by Crippen LogP contribution is 2.20. The first-order chi connectivity index (χ1) is 8.83. The molecule has 5 nitrogen and oxygen atoms in total. The van der Waals surface area contributed by atoms with Gasteiger partial charge in [-0.25, -0.2) is 10.8 Å². The van der Waals surface area contributed by atoms with E-state index in [2.05, 4.69) is 33.7 Å². The summed E-state index contributed by atoms with van der Waals surface area (Å²) in [4.78, 5) is 8.20. The molecule has 0 radical (unpaired) electrons. The standard InChI is InChI=1S/C13H17N5/c1-2-5-10-6-3-4-7-11(10)16-12-8-9-15-13(17-12)18-14/h3-4,6-9H,2,5,14H2,1H3,(H2,15,16,17,18). The molecule has 0 saturated heterocycles. The third kappa shape index (κ3) is 2.95. The number of anilines is 3. The monoisotopic (exact) mass is 243 g/mol. The quantitative estimate of drug-likeness (QED) is 0.555. The summed E-state index contributed by atoms with van der Waals surface area (Å²) in [5.41, 5.74) is 4.78. The maximum atomic E-state index is 5.29. The van der Waals surface area contributed by atoms with Crippen molar-refractivity contribution in [2.75, 3.05) is 10.7 Å². The van der Waals surface area contributed by atoms with E-state index in [0.717, 1.165) is 24.3 Å². The van der Waals surface area contributed by atoms with E-state index < -0.39 is 0 Å². The Kier molecular flexibility index (Phi) is 4.09. The van der Waals surface area contributed by atoms with Crippen LogP contribution < -0.4 is 16.6 Å². The topological polar surface area (TPSA) is 75.9 Å². The van der Waals surface area contributed by atoms with Gasteiger partial charge < -0.3 is 5.32 Å². The lowest BCUT2D eigenvalue weighted by atomic mass is 10.1. The second-order valence-electron chi connectivity index (χ2n) is 3.94. The van der Waals surface area contributed by atoms with E-state index in [9.17, 15) is 0 Å². The van der Waals surface area contributed by atoms with Gasteiger partial charge in [-0.2, -0.15) is 4.98 Å². The Bertz CT molecular complexity index is 512. The molecule has 0 spiro atoms. The minimum atomic E-state index is 0.396. The second kappa shape index (κ2) is 5.97. The van der Waals surface area contributed by atoms with Crippen LogP contribution in [0.5, 0.6) is 0 Å². The van der Waals surface area contributed by atoms with Crippen LogP contribution >= 0.6 is 0 Å². The molecule has 2 rings (SSSR count). The van der Waals surface area contributed by atoms with Crippen molar-refractivity contribution in [1.82, 2.24) is 9.97 Å². The zero-order valence-corrected chi connectivity index (χ0v) is 10.4. The van der Waals surface area contributed by atoms with Crippen molar-refractivity contribution in [3.05, 3.63) is 42.1 Å². The molecule has 2 aromatic rings. The van der Waals surface area contributed by atoms with Gasteiger partial charge >= 0.3 is 0 Å². The van der Waals surface area contributed by atoms with Gasteiger partial charge in [0, 0.05) is 11.9 Å². The number of hydrazine groups is 1. The molecule has 0 aliphatic carbocycles. The van der Waals surface area contributed by atoms with Gasteiger partial charge in [0.15, 0.2) is 0 Å². The average molecular weight is 243 g/mol. The van der Waals surface area contributed by atoms with Gasteiger partial charge in [-0.15, -0.1) is 0 Å². The summed E-state index contributed by atoms with van der Waals surface area (Å²) in [5, 5.41) is 3.29. The third-order valence-electron chi connectivity index (χ3n) is 2.58. The first kappa shape index (κ1) is 12.3. The number of aryl methyl sites for hydroxylation is 1. The number of nitrogens with two attached hydrogens (primary N) is 1. The molecule has 0 fully saturated rings. The smallest absolute Gasteiger partial charge is 0.239 e. The number of hydrogen-bond donors (Lipinski definition) is 3. The van der Waals surface area contributed by atoms with Crippen LogP contribution in [0.2, 0.25) is 0 Å². The molecule has 0 amide bonds. The lowest BCUT2D eigenvalue weighted by Gasteiger charge is -2.11. The Morgan fingerprint density at radius 2 is 2.06 bits per heavy atom. The fourth-order valence-corrected chi connectivity index (χ4v) is 1.77. The van der Waals surface area contributed by atoms with Crippen LogP contribution in [-0.2, 0) is 6.42 Å². The minimum absolute atomic E-state index is 0.396. The van der Waals surface area contributed by atoms with Gasteiger partial charge in [0.1, 0.15) is 5.82 Å². The number of hydrogen-bond acceptors (Lipinski definition) is 5. The molecule has 0 atom stereocenters. The van der Waals surface area contributed by atoms with E-state index in [1.807, 2.05) is 24.3 Å². The third-order valence-corrected chi connectivity index (χ3v) is 2.58. The summed E-state index contributed by atoms with van der Waals surface area (Å²) in [5.74, 6) is 6.41. The molecular weight excluding hydrogens is 226 g/mol. The van der Waals surface area contributed by atoms with Crippen LogP contribution in [0, 0.1) is 0 Å². The molecule has 5 heteroatoms. The van der Waals surface area contributed by atoms with Crippen molar-refractivity contribution in [2.24, 2.45) is 5.84 Å². The number of benzene rings is 1. The van der Waals surface area contributed by atoms with E-state index in [1.54, 1.807) is 6.20 Å². The maximum absolute atomic E-state index is 5.29. The van der Waals surface area contributed by atoms with Crippen LogP contribution in [0.4, 0.5) is 17.5 Å². The Hall–Kier alpha value is -2.14. The SMILES string of the molecule is CCCc1ccccc1Nc1ccnc(NN)n1. The summed E-state index contributed by atoms with van der Waals surface area (Å²) in [6.07, 6.45) is 3.81. The molecule has 1 aromatic carbocycles. The first-order valence-corrected chi connectivity index (χ1v) is 5.98. The summed E-state index contributed by atoms with van der Waals surface area (Å²) in [7, 11) is 0. The lowest BCUT2D eigenvalue weighted by molar-refractivity contribution is 0.923. The molecule has 0 bridgehead atoms. The largest absolute Gasteiger partial charge is 0.340 e. The van der Waals surface area contributed by atoms with Crippen molar-refractivity contribution in [3.8, 4) is 0 Å². The molecule has 1 heterocycles. The van der Waals surface area contributed by atoms with Crippen molar-refractivity contribution in [2.45, 2.75) is 19.8 Å². The van der Waals surface area contributed by atoms with Crippen LogP contribution in [0.1, 0.15) is 18.9 Å². The predicted octanol–water partition coefficient (Wildman–Crippen LogP) is 2.46. The van der Waals surface area contributed by atoms with Crippen LogP contribution in [0.15, 0.2) is 36.5 Å². The molecule has 94 valence electrons. The normalized spacial score (nSPS) is 10.1. The van der Waals surface area contributed by atoms with Crippen molar-refractivity contribution < 1.29 is 0 Å². The molecule has 18 heavy (non-hydrogen) atoms. The lowest BCUT2D eigenvalue weighted by Crippen LogP contribution is -2.11. The molecule has 0 aliphatic heterocycles. The zero-order chi connectivity index (χ0) is 12.8. The average Bonchev–Trinajstić information content (AvgIpc) is 2.41. The Morgan fingerprint density at radius 3 is 2.83 bits per heavy atom. The molecule has 1 aromatic heterocycles. The maximum Gasteiger partial charge on any atom is 0.239 e. The highest BCUT2D eigenvalue weighted by molar-refractivity contribution is 5.61. The van der Waals surface area contributed by atoms with Gasteiger partial charge in [-0.3, -0.25) is 5.43 Å². The van der Waals surface area contributed by atoms with Gasteiger partial charge in [-0.1, -0.05) is 31.5 Å². The highest BCUT2D eigenvalue weighted by atomic mass is 15.3. The number of nitrogen functional groups attached to an aromatic ring is 1. The molecule has 0 unspecified atom stereocenters. The Morgan fingerprint density at radius 1 is 1.22 bits per heavy atom. The molecule has 0 saturated carbocycles. The highest BCUT2D eigenvalue weighted by Gasteiger charge is 2.03. The summed E-state index contributed by atoms with van der Waals surface area (Å²) in [6.45, 7) is 2.16. The number of para-hydroxylation sites is 1. The predicted molar refractivity (Wildman–Crippen MR) is 73.6 cm³/mol.